The van der Waals surface area contributed by atoms with Crippen molar-refractivity contribution >= 4 is 22.2 Å². The van der Waals surface area contributed by atoms with Gasteiger partial charge in [0, 0.05) is 5.69 Å². The Morgan fingerprint density at radius 2 is 1.96 bits per heavy atom. The average Bonchev–Trinajstić information content (AvgIpc) is 2.96. The molecule has 0 atom stereocenters. The van der Waals surface area contributed by atoms with E-state index in [1.54, 1.807) is 0 Å². The Labute approximate surface area is 146 Å². The predicted molar refractivity (Wildman–Crippen MR) is 99.0 cm³/mol. The van der Waals surface area contributed by atoms with Crippen LogP contribution < -0.4 is 10.9 Å². The molecule has 24 heavy (non-hydrogen) atoms. The van der Waals surface area contributed by atoms with E-state index >= 15 is 0 Å². The second-order valence-electron chi connectivity index (χ2n) is 6.60. The minimum absolute atomic E-state index is 0.151. The highest BCUT2D eigenvalue weighted by atomic mass is 32.1. The molecule has 2 aromatic rings. The summed E-state index contributed by atoms with van der Waals surface area (Å²) in [7, 11) is 0. The van der Waals surface area contributed by atoms with Gasteiger partial charge >= 0.3 is 0 Å². The molecule has 0 aliphatic heterocycles. The average molecular weight is 341 g/mol. The van der Waals surface area contributed by atoms with E-state index in [4.69, 9.17) is 5.26 Å². The van der Waals surface area contributed by atoms with Crippen LogP contribution in [0.4, 0.5) is 10.7 Å². The van der Waals surface area contributed by atoms with Gasteiger partial charge in [0.15, 0.2) is 5.56 Å². The Morgan fingerprint density at radius 1 is 1.25 bits per heavy atom. The maximum absolute atomic E-state index is 11.5. The van der Waals surface area contributed by atoms with Gasteiger partial charge in [-0.3, -0.25) is 9.17 Å². The van der Waals surface area contributed by atoms with Gasteiger partial charge in [0.1, 0.15) is 11.1 Å². The van der Waals surface area contributed by atoms with Crippen molar-refractivity contribution < 1.29 is 0 Å². The Balaban J connectivity index is 1.64. The number of nitrogens with zero attached hydrogens (tertiary/aromatic N) is 1. The lowest BCUT2D eigenvalue weighted by atomic mass is 9.77. The molecule has 0 amide bonds. The molecule has 1 aromatic heterocycles. The Kier molecular flexibility index (Phi) is 5.37. The number of rotatable bonds is 5. The van der Waals surface area contributed by atoms with Crippen LogP contribution in [0.1, 0.15) is 62.5 Å². The topological polar surface area (TPSA) is 68.7 Å². The zero-order valence-corrected chi connectivity index (χ0v) is 14.8. The van der Waals surface area contributed by atoms with Crippen LogP contribution in [0.3, 0.4) is 0 Å². The molecule has 0 bridgehead atoms. The number of nitriles is 1. The van der Waals surface area contributed by atoms with E-state index in [0.29, 0.717) is 10.9 Å². The summed E-state index contributed by atoms with van der Waals surface area (Å²) in [6.07, 6.45) is 7.94. The Bertz CT molecular complexity index is 761. The monoisotopic (exact) mass is 341 g/mol. The molecular weight excluding hydrogens is 318 g/mol. The molecule has 4 nitrogen and oxygen atoms in total. The molecular formula is C19H23N3OS. The molecule has 126 valence electrons. The van der Waals surface area contributed by atoms with Crippen LogP contribution in [0.5, 0.6) is 0 Å². The zero-order chi connectivity index (χ0) is 16.9. The highest BCUT2D eigenvalue weighted by Gasteiger charge is 2.21. The molecule has 5 heteroatoms. The SMILES string of the molecule is CCCC1CCC(c2ccc(Nc3s[nH]c(=O)c3C#N)cc2)CC1. The molecule has 1 aliphatic rings. The van der Waals surface area contributed by atoms with E-state index in [9.17, 15) is 4.79 Å². The fourth-order valence-corrected chi connectivity index (χ4v) is 4.36. The van der Waals surface area contributed by atoms with Crippen molar-refractivity contribution in [1.82, 2.24) is 4.37 Å². The summed E-state index contributed by atoms with van der Waals surface area (Å²) < 4.78 is 2.59. The van der Waals surface area contributed by atoms with E-state index < -0.39 is 0 Å². The van der Waals surface area contributed by atoms with Gasteiger partial charge in [0.25, 0.3) is 5.56 Å². The zero-order valence-electron chi connectivity index (χ0n) is 14.0. The molecule has 0 saturated heterocycles. The summed E-state index contributed by atoms with van der Waals surface area (Å²) in [6, 6.07) is 10.4. The van der Waals surface area contributed by atoms with Crippen LogP contribution in [-0.2, 0) is 0 Å². The second-order valence-corrected chi connectivity index (χ2v) is 7.42. The fourth-order valence-electron chi connectivity index (χ4n) is 3.65. The summed E-state index contributed by atoms with van der Waals surface area (Å²) in [5, 5.41) is 12.8. The minimum Gasteiger partial charge on any atom is -0.345 e. The second kappa shape index (κ2) is 7.67. The molecule has 0 unspecified atom stereocenters. The van der Waals surface area contributed by atoms with Gasteiger partial charge in [-0.2, -0.15) is 5.26 Å². The summed E-state index contributed by atoms with van der Waals surface area (Å²) in [5.74, 6) is 1.60. The number of hydrogen-bond acceptors (Lipinski definition) is 4. The standard InChI is InChI=1S/C19H23N3OS/c1-2-3-13-4-6-14(7-5-13)15-8-10-16(11-9-15)21-19-17(12-20)18(23)22-24-19/h8-11,13-14,21H,2-7H2,1H3,(H,22,23). The predicted octanol–water partition coefficient (Wildman–Crippen LogP) is 5.13. The molecule has 0 radical (unpaired) electrons. The number of H-pyrrole nitrogens is 1. The first-order chi connectivity index (χ1) is 11.7. The lowest BCUT2D eigenvalue weighted by molar-refractivity contribution is 0.308. The van der Waals surface area contributed by atoms with Gasteiger partial charge in [-0.25, -0.2) is 0 Å². The largest absolute Gasteiger partial charge is 0.345 e. The maximum atomic E-state index is 11.5. The number of anilines is 2. The van der Waals surface area contributed by atoms with Gasteiger partial charge in [-0.1, -0.05) is 31.9 Å². The van der Waals surface area contributed by atoms with Gasteiger partial charge in [0.05, 0.1) is 0 Å². The molecule has 0 spiro atoms. The van der Waals surface area contributed by atoms with E-state index in [2.05, 4.69) is 28.7 Å². The van der Waals surface area contributed by atoms with Crippen LogP contribution in [0.15, 0.2) is 29.1 Å². The first-order valence-electron chi connectivity index (χ1n) is 8.69. The van der Waals surface area contributed by atoms with E-state index in [-0.39, 0.29) is 11.1 Å². The Hall–Kier alpha value is -2.06. The Morgan fingerprint density at radius 3 is 2.58 bits per heavy atom. The van der Waals surface area contributed by atoms with E-state index in [0.717, 1.165) is 23.1 Å². The normalized spacial score (nSPS) is 20.5. The molecule has 1 aliphatic carbocycles. The number of aromatic nitrogens is 1. The minimum atomic E-state index is -0.328. The number of benzene rings is 1. The van der Waals surface area contributed by atoms with E-state index in [1.807, 2.05) is 18.2 Å². The quantitative estimate of drug-likeness (QED) is 0.792. The first-order valence-corrected chi connectivity index (χ1v) is 9.51. The summed E-state index contributed by atoms with van der Waals surface area (Å²) in [5.41, 5.74) is 2.13. The third-order valence-corrected chi connectivity index (χ3v) is 5.79. The number of aromatic amines is 1. The van der Waals surface area contributed by atoms with Crippen LogP contribution in [0.2, 0.25) is 0 Å². The summed E-state index contributed by atoms with van der Waals surface area (Å²) in [4.78, 5) is 11.5. The van der Waals surface area contributed by atoms with Crippen molar-refractivity contribution in [2.45, 2.75) is 51.4 Å². The molecule has 2 N–H and O–H groups in total. The number of hydrogen-bond donors (Lipinski definition) is 2. The van der Waals surface area contributed by atoms with Crippen molar-refractivity contribution in [3.8, 4) is 6.07 Å². The molecule has 1 fully saturated rings. The van der Waals surface area contributed by atoms with Gasteiger partial charge in [-0.15, -0.1) is 0 Å². The third-order valence-electron chi connectivity index (χ3n) is 5.00. The molecule has 1 aromatic carbocycles. The molecule has 3 rings (SSSR count). The maximum Gasteiger partial charge on any atom is 0.278 e. The highest BCUT2D eigenvalue weighted by Crippen LogP contribution is 2.37. The molecule has 1 heterocycles. The van der Waals surface area contributed by atoms with Crippen molar-refractivity contribution in [2.24, 2.45) is 5.92 Å². The van der Waals surface area contributed by atoms with Crippen LogP contribution in [0, 0.1) is 17.2 Å². The van der Waals surface area contributed by atoms with Gasteiger partial charge in [0.2, 0.25) is 0 Å². The lowest BCUT2D eigenvalue weighted by Gasteiger charge is -2.28. The fraction of sp³-hybridized carbons (Fsp3) is 0.474. The van der Waals surface area contributed by atoms with Crippen LogP contribution in [0.25, 0.3) is 0 Å². The van der Waals surface area contributed by atoms with Crippen molar-refractivity contribution in [1.29, 1.82) is 5.26 Å². The summed E-state index contributed by atoms with van der Waals surface area (Å²) >= 11 is 1.16. The van der Waals surface area contributed by atoms with Crippen LogP contribution >= 0.6 is 11.5 Å². The summed E-state index contributed by atoms with van der Waals surface area (Å²) in [6.45, 7) is 2.27. The molecule has 1 saturated carbocycles. The van der Waals surface area contributed by atoms with Crippen LogP contribution in [-0.4, -0.2) is 4.37 Å². The van der Waals surface area contributed by atoms with Gasteiger partial charge in [-0.05, 0) is 66.7 Å². The van der Waals surface area contributed by atoms with Crippen molar-refractivity contribution in [2.75, 3.05) is 5.32 Å². The highest BCUT2D eigenvalue weighted by molar-refractivity contribution is 7.10. The third kappa shape index (κ3) is 3.70. The van der Waals surface area contributed by atoms with E-state index in [1.165, 1.54) is 44.1 Å². The first kappa shape index (κ1) is 16.8. The van der Waals surface area contributed by atoms with Gasteiger partial charge < -0.3 is 5.32 Å². The lowest BCUT2D eigenvalue weighted by Crippen LogP contribution is -2.13. The number of nitrogens with one attached hydrogen (secondary N) is 2. The smallest absolute Gasteiger partial charge is 0.278 e. The van der Waals surface area contributed by atoms with Crippen molar-refractivity contribution in [3.05, 3.63) is 45.7 Å². The van der Waals surface area contributed by atoms with Crippen molar-refractivity contribution in [3.63, 3.8) is 0 Å².